The van der Waals surface area contributed by atoms with Gasteiger partial charge in [0.05, 0.1) is 37.4 Å². The molecule has 0 unspecified atom stereocenters. The standard InChI is InChI=1S/C26H24ClFN2O5S/c1-33-20-9-14-8-15(25(31)29-19(14)11-21(20)34-2)12-30(13-17-4-3-7-35-17)26(32)24-23(27)18-6-5-16(28)10-22(18)36-24/h5-6,8-11,17H,3-4,7,12-13H2,1-2H3,(H,29,31)/t17-/m0/s1. The van der Waals surface area contributed by atoms with Crippen LogP contribution in [0.5, 0.6) is 11.5 Å². The fraction of sp³-hybridized carbons (Fsp3) is 0.308. The van der Waals surface area contributed by atoms with E-state index in [4.69, 9.17) is 25.8 Å². The number of benzene rings is 2. The highest BCUT2D eigenvalue weighted by Crippen LogP contribution is 2.37. The van der Waals surface area contributed by atoms with E-state index in [9.17, 15) is 14.0 Å². The number of methoxy groups -OCH3 is 2. The second-order valence-electron chi connectivity index (χ2n) is 8.62. The van der Waals surface area contributed by atoms with Gasteiger partial charge in [-0.3, -0.25) is 9.59 Å². The first-order valence-electron chi connectivity index (χ1n) is 11.4. The zero-order valence-corrected chi connectivity index (χ0v) is 21.3. The highest BCUT2D eigenvalue weighted by Gasteiger charge is 2.28. The average molecular weight is 531 g/mol. The summed E-state index contributed by atoms with van der Waals surface area (Å²) >= 11 is 7.69. The van der Waals surface area contributed by atoms with Crippen molar-refractivity contribution < 1.29 is 23.4 Å². The van der Waals surface area contributed by atoms with E-state index < -0.39 is 5.82 Å². The number of aromatic nitrogens is 1. The molecule has 36 heavy (non-hydrogen) atoms. The van der Waals surface area contributed by atoms with Crippen molar-refractivity contribution in [1.82, 2.24) is 9.88 Å². The van der Waals surface area contributed by atoms with Crippen LogP contribution < -0.4 is 15.0 Å². The van der Waals surface area contributed by atoms with Crippen LogP contribution in [0.1, 0.15) is 28.1 Å². The van der Waals surface area contributed by atoms with E-state index in [0.29, 0.717) is 50.7 Å². The number of rotatable bonds is 7. The molecule has 2 aromatic heterocycles. The minimum absolute atomic E-state index is 0.0528. The molecular formula is C26H24ClFN2O5S. The highest BCUT2D eigenvalue weighted by atomic mass is 35.5. The number of ether oxygens (including phenoxy) is 3. The van der Waals surface area contributed by atoms with Gasteiger partial charge < -0.3 is 24.1 Å². The van der Waals surface area contributed by atoms with Crippen LogP contribution in [-0.2, 0) is 11.3 Å². The molecule has 5 rings (SSSR count). The summed E-state index contributed by atoms with van der Waals surface area (Å²) in [6.07, 6.45) is 1.59. The highest BCUT2D eigenvalue weighted by molar-refractivity contribution is 7.21. The third-order valence-corrected chi connectivity index (χ3v) is 7.95. The zero-order valence-electron chi connectivity index (χ0n) is 19.7. The smallest absolute Gasteiger partial charge is 0.265 e. The first kappa shape index (κ1) is 24.5. The normalized spacial score (nSPS) is 15.5. The predicted octanol–water partition coefficient (Wildman–Crippen LogP) is 5.37. The van der Waals surface area contributed by atoms with Gasteiger partial charge in [-0.15, -0.1) is 11.3 Å². The van der Waals surface area contributed by atoms with Gasteiger partial charge in [0.2, 0.25) is 0 Å². The number of nitrogens with zero attached hydrogens (tertiary/aromatic N) is 1. The number of nitrogens with one attached hydrogen (secondary N) is 1. The van der Waals surface area contributed by atoms with Gasteiger partial charge in [-0.25, -0.2) is 4.39 Å². The lowest BCUT2D eigenvalue weighted by Gasteiger charge is -2.25. The van der Waals surface area contributed by atoms with Crippen LogP contribution >= 0.6 is 22.9 Å². The molecule has 1 atom stereocenters. The number of H-pyrrole nitrogens is 1. The molecule has 1 amide bonds. The van der Waals surface area contributed by atoms with Crippen LogP contribution in [0.25, 0.3) is 21.0 Å². The maximum Gasteiger partial charge on any atom is 0.265 e. The number of hydrogen-bond acceptors (Lipinski definition) is 6. The van der Waals surface area contributed by atoms with Gasteiger partial charge in [0.15, 0.2) is 11.5 Å². The monoisotopic (exact) mass is 530 g/mol. The number of pyridine rings is 1. The summed E-state index contributed by atoms with van der Waals surface area (Å²) in [5.41, 5.74) is 0.682. The quantitative estimate of drug-likeness (QED) is 0.347. The van der Waals surface area contributed by atoms with Crippen LogP contribution in [0.2, 0.25) is 5.02 Å². The molecule has 1 aliphatic rings. The van der Waals surface area contributed by atoms with E-state index in [1.54, 1.807) is 36.3 Å². The van der Waals surface area contributed by atoms with Crippen molar-refractivity contribution in [2.24, 2.45) is 0 Å². The molecule has 1 aliphatic heterocycles. The van der Waals surface area contributed by atoms with E-state index in [-0.39, 0.29) is 29.1 Å². The largest absolute Gasteiger partial charge is 0.493 e. The van der Waals surface area contributed by atoms with E-state index in [1.165, 1.54) is 19.2 Å². The fourth-order valence-electron chi connectivity index (χ4n) is 4.47. The number of fused-ring (bicyclic) bond motifs is 2. The minimum Gasteiger partial charge on any atom is -0.493 e. The summed E-state index contributed by atoms with van der Waals surface area (Å²) in [4.78, 5) is 31.5. The first-order chi connectivity index (χ1) is 17.4. The maximum atomic E-state index is 13.8. The lowest BCUT2D eigenvalue weighted by Crippen LogP contribution is -2.38. The van der Waals surface area contributed by atoms with Crippen molar-refractivity contribution in [1.29, 1.82) is 0 Å². The Kier molecular flexibility index (Phi) is 6.87. The van der Waals surface area contributed by atoms with Gasteiger partial charge in [0.1, 0.15) is 10.7 Å². The Hall–Kier alpha value is -3.14. The maximum absolute atomic E-state index is 13.8. The molecule has 0 aliphatic carbocycles. The zero-order chi connectivity index (χ0) is 25.4. The Morgan fingerprint density at radius 1 is 1.22 bits per heavy atom. The number of carbonyl (C=O) groups excluding carboxylic acids is 1. The summed E-state index contributed by atoms with van der Waals surface area (Å²) in [6.45, 7) is 0.992. The van der Waals surface area contributed by atoms with E-state index >= 15 is 0 Å². The van der Waals surface area contributed by atoms with Crippen molar-refractivity contribution in [2.45, 2.75) is 25.5 Å². The minimum atomic E-state index is -0.398. The molecule has 4 aromatic rings. The molecule has 1 saturated heterocycles. The molecule has 3 heterocycles. The van der Waals surface area contributed by atoms with Crippen LogP contribution in [0.4, 0.5) is 4.39 Å². The fourth-order valence-corrected chi connectivity index (χ4v) is 5.98. The Bertz CT molecular complexity index is 1510. The molecule has 0 bridgehead atoms. The van der Waals surface area contributed by atoms with Crippen LogP contribution in [0.15, 0.2) is 41.2 Å². The molecule has 2 aromatic carbocycles. The van der Waals surface area contributed by atoms with Crippen LogP contribution in [-0.4, -0.2) is 49.3 Å². The first-order valence-corrected chi connectivity index (χ1v) is 12.6. The average Bonchev–Trinajstić information content (AvgIpc) is 3.50. The van der Waals surface area contributed by atoms with Gasteiger partial charge in [-0.1, -0.05) is 11.6 Å². The van der Waals surface area contributed by atoms with E-state index in [1.807, 2.05) is 0 Å². The van der Waals surface area contributed by atoms with Gasteiger partial charge in [0, 0.05) is 40.3 Å². The molecule has 188 valence electrons. The lowest BCUT2D eigenvalue weighted by molar-refractivity contribution is 0.0510. The van der Waals surface area contributed by atoms with Gasteiger partial charge in [0.25, 0.3) is 11.5 Å². The topological polar surface area (TPSA) is 80.9 Å². The van der Waals surface area contributed by atoms with E-state index in [0.717, 1.165) is 29.6 Å². The predicted molar refractivity (Wildman–Crippen MR) is 138 cm³/mol. The number of aromatic amines is 1. The molecule has 1 N–H and O–H groups in total. The molecule has 0 saturated carbocycles. The van der Waals surface area contributed by atoms with Crippen molar-refractivity contribution in [3.8, 4) is 11.5 Å². The Labute approximate surface area is 215 Å². The Morgan fingerprint density at radius 2 is 2.00 bits per heavy atom. The number of halogens is 2. The van der Waals surface area contributed by atoms with Crippen LogP contribution in [0, 0.1) is 5.82 Å². The van der Waals surface area contributed by atoms with Crippen molar-refractivity contribution >= 4 is 49.8 Å². The third kappa shape index (κ3) is 4.66. The number of thiophene rings is 1. The molecule has 1 fully saturated rings. The Balaban J connectivity index is 1.53. The summed E-state index contributed by atoms with van der Waals surface area (Å²) in [7, 11) is 3.07. The summed E-state index contributed by atoms with van der Waals surface area (Å²) in [6, 6.07) is 9.47. The van der Waals surface area contributed by atoms with Crippen molar-refractivity contribution in [3.63, 3.8) is 0 Å². The number of carbonyl (C=O) groups is 1. The van der Waals surface area contributed by atoms with Crippen LogP contribution in [0.3, 0.4) is 0 Å². The third-order valence-electron chi connectivity index (χ3n) is 6.31. The van der Waals surface area contributed by atoms with Crippen molar-refractivity contribution in [3.05, 3.63) is 68.0 Å². The lowest BCUT2D eigenvalue weighted by atomic mass is 10.1. The molecule has 7 nitrogen and oxygen atoms in total. The number of hydrogen-bond donors (Lipinski definition) is 1. The van der Waals surface area contributed by atoms with Gasteiger partial charge >= 0.3 is 0 Å². The molecule has 0 radical (unpaired) electrons. The van der Waals surface area contributed by atoms with Crippen molar-refractivity contribution in [2.75, 3.05) is 27.4 Å². The summed E-state index contributed by atoms with van der Waals surface area (Å²) in [5.74, 6) is 0.299. The molecule has 10 heteroatoms. The SMILES string of the molecule is COc1cc2cc(CN(C[C@@H]3CCCO3)C(=O)c3sc4cc(F)ccc4c3Cl)c(=O)[nH]c2cc1OC. The van der Waals surface area contributed by atoms with Gasteiger partial charge in [-0.2, -0.15) is 0 Å². The summed E-state index contributed by atoms with van der Waals surface area (Å²) in [5, 5.41) is 1.64. The molecular weight excluding hydrogens is 507 g/mol. The number of amides is 1. The molecule has 0 spiro atoms. The summed E-state index contributed by atoms with van der Waals surface area (Å²) < 4.78 is 30.9. The van der Waals surface area contributed by atoms with E-state index in [2.05, 4.69) is 4.98 Å². The Morgan fingerprint density at radius 3 is 2.72 bits per heavy atom. The second kappa shape index (κ2) is 10.1. The van der Waals surface area contributed by atoms with Gasteiger partial charge in [-0.05, 0) is 43.2 Å². The second-order valence-corrected chi connectivity index (χ2v) is 10.1.